The molecule has 0 bridgehead atoms. The molecule has 21 heavy (non-hydrogen) atoms. The second-order valence-corrected chi connectivity index (χ2v) is 5.03. The summed E-state index contributed by atoms with van der Waals surface area (Å²) in [6, 6.07) is 17.4. The summed E-state index contributed by atoms with van der Waals surface area (Å²) in [7, 11) is 1.36. The van der Waals surface area contributed by atoms with Gasteiger partial charge in [-0.3, -0.25) is 0 Å². The Kier molecular flexibility index (Phi) is 3.59. The van der Waals surface area contributed by atoms with Gasteiger partial charge in [-0.05, 0) is 22.8 Å². The van der Waals surface area contributed by atoms with Crippen molar-refractivity contribution in [3.8, 4) is 0 Å². The first-order valence-corrected chi connectivity index (χ1v) is 6.84. The Morgan fingerprint density at radius 2 is 1.62 bits per heavy atom. The summed E-state index contributed by atoms with van der Waals surface area (Å²) in [4.78, 5) is 12.1. The molecule has 3 heteroatoms. The van der Waals surface area contributed by atoms with Crippen molar-refractivity contribution in [1.82, 2.24) is 0 Å². The van der Waals surface area contributed by atoms with Gasteiger partial charge in [0.2, 0.25) is 0 Å². The Bertz CT molecular complexity index is 689. The number of aliphatic hydroxyl groups excluding tert-OH is 1. The fraction of sp³-hybridized carbons (Fsp3) is 0.167. The van der Waals surface area contributed by atoms with Gasteiger partial charge in [-0.15, -0.1) is 0 Å². The van der Waals surface area contributed by atoms with E-state index in [1.807, 2.05) is 54.6 Å². The lowest BCUT2D eigenvalue weighted by Crippen LogP contribution is -2.21. The van der Waals surface area contributed by atoms with E-state index in [4.69, 9.17) is 4.74 Å². The third kappa shape index (κ3) is 2.36. The molecule has 0 saturated carbocycles. The number of aliphatic hydroxyl groups is 1. The fourth-order valence-corrected chi connectivity index (χ4v) is 2.88. The van der Waals surface area contributed by atoms with Crippen LogP contribution in [0, 0.1) is 0 Å². The second kappa shape index (κ2) is 5.54. The molecule has 0 heterocycles. The van der Waals surface area contributed by atoms with Crippen molar-refractivity contribution in [3.63, 3.8) is 0 Å². The van der Waals surface area contributed by atoms with Crippen LogP contribution >= 0.6 is 0 Å². The highest BCUT2D eigenvalue weighted by Gasteiger charge is 2.32. The quantitative estimate of drug-likeness (QED) is 0.860. The Morgan fingerprint density at radius 1 is 1.00 bits per heavy atom. The van der Waals surface area contributed by atoms with Crippen LogP contribution in [0.2, 0.25) is 0 Å². The van der Waals surface area contributed by atoms with E-state index < -0.39 is 12.1 Å². The van der Waals surface area contributed by atoms with Crippen LogP contribution in [-0.2, 0) is 9.53 Å². The largest absolute Gasteiger partial charge is 0.466 e. The Hall–Kier alpha value is -2.39. The molecule has 1 aliphatic carbocycles. The topological polar surface area (TPSA) is 46.5 Å². The molecule has 2 aromatic carbocycles. The van der Waals surface area contributed by atoms with E-state index in [9.17, 15) is 9.90 Å². The summed E-state index contributed by atoms with van der Waals surface area (Å²) in [6.07, 6.45) is 0.807. The van der Waals surface area contributed by atoms with Crippen molar-refractivity contribution in [3.05, 3.63) is 82.9 Å². The lowest BCUT2D eigenvalue weighted by Gasteiger charge is -2.28. The molecule has 0 spiro atoms. The lowest BCUT2D eigenvalue weighted by molar-refractivity contribution is -0.136. The highest BCUT2D eigenvalue weighted by atomic mass is 16.5. The van der Waals surface area contributed by atoms with E-state index in [-0.39, 0.29) is 5.92 Å². The van der Waals surface area contributed by atoms with E-state index in [0.717, 1.165) is 16.7 Å². The van der Waals surface area contributed by atoms with Gasteiger partial charge < -0.3 is 9.84 Å². The summed E-state index contributed by atoms with van der Waals surface area (Å²) in [5.41, 5.74) is 3.27. The Morgan fingerprint density at radius 3 is 2.29 bits per heavy atom. The van der Waals surface area contributed by atoms with Crippen LogP contribution in [0.3, 0.4) is 0 Å². The normalized spacial score (nSPS) is 20.4. The molecule has 0 aliphatic heterocycles. The SMILES string of the molecule is COC(=O)C1=C[C@H](O)c2ccccc2[C@@H]1c1ccccc1. The zero-order valence-electron chi connectivity index (χ0n) is 11.7. The molecule has 3 nitrogen and oxygen atoms in total. The number of esters is 1. The monoisotopic (exact) mass is 280 g/mol. The third-order valence-corrected chi connectivity index (χ3v) is 3.83. The van der Waals surface area contributed by atoms with Crippen LogP contribution in [0.4, 0.5) is 0 Å². The van der Waals surface area contributed by atoms with E-state index >= 15 is 0 Å². The molecule has 0 unspecified atom stereocenters. The van der Waals surface area contributed by atoms with Crippen molar-refractivity contribution in [1.29, 1.82) is 0 Å². The minimum atomic E-state index is -0.782. The molecular formula is C18H16O3. The number of carbonyl (C=O) groups is 1. The summed E-state index contributed by atoms with van der Waals surface area (Å²) >= 11 is 0. The minimum Gasteiger partial charge on any atom is -0.466 e. The molecule has 0 aromatic heterocycles. The molecule has 0 fully saturated rings. The summed E-state index contributed by atoms with van der Waals surface area (Å²) in [5, 5.41) is 10.3. The molecule has 3 rings (SSSR count). The predicted octanol–water partition coefficient (Wildman–Crippen LogP) is 2.96. The first kappa shape index (κ1) is 13.6. The number of methoxy groups -OCH3 is 1. The smallest absolute Gasteiger partial charge is 0.334 e. The summed E-state index contributed by atoms with van der Waals surface area (Å²) in [6.45, 7) is 0. The van der Waals surface area contributed by atoms with Crippen molar-refractivity contribution in [2.45, 2.75) is 12.0 Å². The molecular weight excluding hydrogens is 264 g/mol. The van der Waals surface area contributed by atoms with Crippen LogP contribution in [0.25, 0.3) is 0 Å². The fourth-order valence-electron chi connectivity index (χ4n) is 2.88. The molecule has 2 aromatic rings. The highest BCUT2D eigenvalue weighted by molar-refractivity contribution is 5.92. The molecule has 106 valence electrons. The van der Waals surface area contributed by atoms with Gasteiger partial charge in [0.05, 0.1) is 13.2 Å². The molecule has 2 atom stereocenters. The van der Waals surface area contributed by atoms with E-state index in [1.165, 1.54) is 7.11 Å². The van der Waals surface area contributed by atoms with Crippen LogP contribution < -0.4 is 0 Å². The number of benzene rings is 2. The first-order chi connectivity index (χ1) is 10.2. The van der Waals surface area contributed by atoms with Gasteiger partial charge in [-0.2, -0.15) is 0 Å². The van der Waals surface area contributed by atoms with Gasteiger partial charge in [-0.1, -0.05) is 54.6 Å². The van der Waals surface area contributed by atoms with Gasteiger partial charge in [0.1, 0.15) is 0 Å². The van der Waals surface area contributed by atoms with Crippen molar-refractivity contribution in [2.24, 2.45) is 0 Å². The van der Waals surface area contributed by atoms with E-state index in [1.54, 1.807) is 6.08 Å². The van der Waals surface area contributed by atoms with E-state index in [0.29, 0.717) is 5.57 Å². The van der Waals surface area contributed by atoms with Crippen LogP contribution in [0.15, 0.2) is 66.2 Å². The molecule has 1 aliphatic rings. The predicted molar refractivity (Wildman–Crippen MR) is 79.8 cm³/mol. The lowest BCUT2D eigenvalue weighted by atomic mass is 9.77. The van der Waals surface area contributed by atoms with Crippen molar-refractivity contribution in [2.75, 3.05) is 7.11 Å². The number of rotatable bonds is 2. The van der Waals surface area contributed by atoms with Gasteiger partial charge in [0.25, 0.3) is 0 Å². The van der Waals surface area contributed by atoms with Crippen molar-refractivity contribution >= 4 is 5.97 Å². The maximum Gasteiger partial charge on any atom is 0.334 e. The number of fused-ring (bicyclic) bond motifs is 1. The molecule has 0 radical (unpaired) electrons. The van der Waals surface area contributed by atoms with Crippen LogP contribution in [0.1, 0.15) is 28.7 Å². The summed E-state index contributed by atoms with van der Waals surface area (Å²) in [5.74, 6) is -0.615. The minimum absolute atomic E-state index is 0.210. The second-order valence-electron chi connectivity index (χ2n) is 5.03. The highest BCUT2D eigenvalue weighted by Crippen LogP contribution is 2.41. The number of carbonyl (C=O) groups excluding carboxylic acids is 1. The average Bonchev–Trinajstić information content (AvgIpc) is 2.55. The van der Waals surface area contributed by atoms with Gasteiger partial charge in [0, 0.05) is 11.5 Å². The average molecular weight is 280 g/mol. The van der Waals surface area contributed by atoms with Crippen LogP contribution in [0.5, 0.6) is 0 Å². The molecule has 0 saturated heterocycles. The number of hydrogen-bond acceptors (Lipinski definition) is 3. The maximum absolute atomic E-state index is 12.1. The molecule has 1 N–H and O–H groups in total. The Labute approximate surface area is 123 Å². The number of ether oxygens (including phenoxy) is 1. The Balaban J connectivity index is 2.19. The zero-order valence-corrected chi connectivity index (χ0v) is 11.7. The van der Waals surface area contributed by atoms with Crippen molar-refractivity contribution < 1.29 is 14.6 Å². The third-order valence-electron chi connectivity index (χ3n) is 3.83. The van der Waals surface area contributed by atoms with Gasteiger partial charge >= 0.3 is 5.97 Å². The maximum atomic E-state index is 12.1. The molecule has 0 amide bonds. The van der Waals surface area contributed by atoms with Gasteiger partial charge in [-0.25, -0.2) is 4.79 Å². The summed E-state index contributed by atoms with van der Waals surface area (Å²) < 4.78 is 4.89. The standard InChI is InChI=1S/C18H16O3/c1-21-18(20)15-11-16(19)13-9-5-6-10-14(13)17(15)12-7-3-2-4-8-12/h2-11,16-17,19H,1H3/t16-,17-/m0/s1. The zero-order chi connectivity index (χ0) is 14.8. The van der Waals surface area contributed by atoms with Gasteiger partial charge in [0.15, 0.2) is 0 Å². The van der Waals surface area contributed by atoms with Crippen LogP contribution in [-0.4, -0.2) is 18.2 Å². The van der Waals surface area contributed by atoms with E-state index in [2.05, 4.69) is 0 Å². The first-order valence-electron chi connectivity index (χ1n) is 6.84. The number of hydrogen-bond donors (Lipinski definition) is 1.